The number of aromatic amines is 1. The van der Waals surface area contributed by atoms with Gasteiger partial charge in [-0.1, -0.05) is 24.0 Å². The lowest BCUT2D eigenvalue weighted by Crippen LogP contribution is -2.18. The molecule has 0 radical (unpaired) electrons. The van der Waals surface area contributed by atoms with E-state index in [0.717, 1.165) is 11.8 Å². The maximum absolute atomic E-state index is 11.5. The summed E-state index contributed by atoms with van der Waals surface area (Å²) in [5.41, 5.74) is 0.305. The second-order valence-electron chi connectivity index (χ2n) is 3.26. The van der Waals surface area contributed by atoms with E-state index < -0.39 is 0 Å². The van der Waals surface area contributed by atoms with Crippen LogP contribution >= 0.6 is 24.0 Å². The van der Waals surface area contributed by atoms with Crippen molar-refractivity contribution in [2.45, 2.75) is 11.8 Å². The van der Waals surface area contributed by atoms with E-state index in [0.29, 0.717) is 10.0 Å². The monoisotopic (exact) mass is 244 g/mol. The molecule has 1 heterocycles. The Kier molecular flexibility index (Phi) is 3.76. The largest absolute Gasteiger partial charge is 0.506 e. The highest BCUT2D eigenvalue weighted by Crippen LogP contribution is 2.26. The number of aromatic hydroxyl groups is 1. The number of nitrogens with zero attached hydrogens (tertiary/aromatic N) is 1. The van der Waals surface area contributed by atoms with E-state index in [2.05, 4.69) is 4.98 Å². The fourth-order valence-electron chi connectivity index (χ4n) is 0.936. The van der Waals surface area contributed by atoms with Gasteiger partial charge in [-0.05, 0) is 6.92 Å². The molecule has 0 unspecified atom stereocenters. The SMILES string of the molecule is Cc1cc(O)c(SC(=S)N(C)C)c(=O)[nH]1. The van der Waals surface area contributed by atoms with Crippen LogP contribution in [-0.4, -0.2) is 33.4 Å². The highest BCUT2D eigenvalue weighted by Gasteiger charge is 2.11. The number of hydrogen-bond donors (Lipinski definition) is 2. The molecule has 0 aliphatic carbocycles. The molecule has 15 heavy (non-hydrogen) atoms. The van der Waals surface area contributed by atoms with Crippen molar-refractivity contribution in [1.29, 1.82) is 0 Å². The zero-order valence-corrected chi connectivity index (χ0v) is 10.3. The summed E-state index contributed by atoms with van der Waals surface area (Å²) in [5.74, 6) is -0.0366. The lowest BCUT2D eigenvalue weighted by molar-refractivity contribution is 0.459. The van der Waals surface area contributed by atoms with Gasteiger partial charge in [0, 0.05) is 25.9 Å². The fraction of sp³-hybridized carbons (Fsp3) is 0.333. The van der Waals surface area contributed by atoms with Gasteiger partial charge in [-0.2, -0.15) is 0 Å². The zero-order chi connectivity index (χ0) is 11.6. The minimum atomic E-state index is -0.318. The number of thioether (sulfide) groups is 1. The third-order valence-corrected chi connectivity index (χ3v) is 3.41. The molecule has 0 saturated carbocycles. The molecule has 0 aliphatic heterocycles. The van der Waals surface area contributed by atoms with Crippen molar-refractivity contribution in [3.05, 3.63) is 22.1 Å². The minimum absolute atomic E-state index is 0.0366. The van der Waals surface area contributed by atoms with Gasteiger partial charge in [-0.25, -0.2) is 0 Å². The van der Waals surface area contributed by atoms with Crippen LogP contribution in [0.3, 0.4) is 0 Å². The predicted octanol–water partition coefficient (Wildman–Crippen LogP) is 1.33. The lowest BCUT2D eigenvalue weighted by Gasteiger charge is -2.12. The molecule has 1 aromatic rings. The molecule has 4 nitrogen and oxygen atoms in total. The molecular formula is C9H12N2O2S2. The van der Waals surface area contributed by atoms with Crippen LogP contribution in [0.2, 0.25) is 0 Å². The first-order valence-corrected chi connectivity index (χ1v) is 5.46. The van der Waals surface area contributed by atoms with Gasteiger partial charge in [0.25, 0.3) is 5.56 Å². The first-order chi connectivity index (χ1) is 6.91. The van der Waals surface area contributed by atoms with Gasteiger partial charge in [0.15, 0.2) is 0 Å². The van der Waals surface area contributed by atoms with Gasteiger partial charge in [0.2, 0.25) is 0 Å². The van der Waals surface area contributed by atoms with Crippen LogP contribution < -0.4 is 5.56 Å². The molecule has 0 aliphatic rings. The normalized spacial score (nSPS) is 10.1. The van der Waals surface area contributed by atoms with Crippen LogP contribution in [0.1, 0.15) is 5.69 Å². The summed E-state index contributed by atoms with van der Waals surface area (Å²) in [5, 5.41) is 9.58. The molecule has 0 aromatic carbocycles. The van der Waals surface area contributed by atoms with E-state index in [1.165, 1.54) is 6.07 Å². The smallest absolute Gasteiger partial charge is 0.266 e. The van der Waals surface area contributed by atoms with Gasteiger partial charge < -0.3 is 15.0 Å². The van der Waals surface area contributed by atoms with Gasteiger partial charge in [-0.15, -0.1) is 0 Å². The van der Waals surface area contributed by atoms with E-state index in [-0.39, 0.29) is 16.2 Å². The molecule has 0 atom stereocenters. The van der Waals surface area contributed by atoms with E-state index in [4.69, 9.17) is 12.2 Å². The van der Waals surface area contributed by atoms with Crippen LogP contribution in [0.5, 0.6) is 5.75 Å². The highest BCUT2D eigenvalue weighted by molar-refractivity contribution is 8.23. The van der Waals surface area contributed by atoms with Gasteiger partial charge >= 0.3 is 0 Å². The third kappa shape index (κ3) is 2.97. The van der Waals surface area contributed by atoms with Crippen molar-refractivity contribution >= 4 is 28.3 Å². The van der Waals surface area contributed by atoms with Crippen molar-refractivity contribution in [1.82, 2.24) is 9.88 Å². The number of aryl methyl sites for hydroxylation is 1. The van der Waals surface area contributed by atoms with Crippen LogP contribution in [0, 0.1) is 6.92 Å². The number of thiocarbonyl (C=S) groups is 1. The summed E-state index contributed by atoms with van der Waals surface area (Å²) in [6, 6.07) is 1.50. The Hall–Kier alpha value is -1.01. The molecule has 6 heteroatoms. The summed E-state index contributed by atoms with van der Waals surface area (Å²) in [7, 11) is 3.57. The van der Waals surface area contributed by atoms with Crippen molar-refractivity contribution in [2.24, 2.45) is 0 Å². The minimum Gasteiger partial charge on any atom is -0.506 e. The first kappa shape index (κ1) is 12.1. The van der Waals surface area contributed by atoms with Crippen molar-refractivity contribution in [2.75, 3.05) is 14.1 Å². The first-order valence-electron chi connectivity index (χ1n) is 4.24. The Morgan fingerprint density at radius 3 is 2.67 bits per heavy atom. The van der Waals surface area contributed by atoms with Crippen LogP contribution in [0.25, 0.3) is 0 Å². The summed E-state index contributed by atoms with van der Waals surface area (Å²) >= 11 is 6.11. The second-order valence-corrected chi connectivity index (χ2v) is 4.90. The number of H-pyrrole nitrogens is 1. The van der Waals surface area contributed by atoms with E-state index in [1.54, 1.807) is 25.9 Å². The molecule has 0 bridgehead atoms. The van der Waals surface area contributed by atoms with E-state index >= 15 is 0 Å². The quantitative estimate of drug-likeness (QED) is 0.576. The molecule has 1 rings (SSSR count). The molecule has 0 amide bonds. The average Bonchev–Trinajstić information content (AvgIpc) is 2.10. The Morgan fingerprint density at radius 1 is 1.60 bits per heavy atom. The van der Waals surface area contributed by atoms with Crippen LogP contribution in [0.15, 0.2) is 15.8 Å². The number of nitrogens with one attached hydrogen (secondary N) is 1. The highest BCUT2D eigenvalue weighted by atomic mass is 32.2. The second kappa shape index (κ2) is 4.67. The molecule has 0 fully saturated rings. The number of pyridine rings is 1. The molecule has 0 spiro atoms. The fourth-order valence-corrected chi connectivity index (χ4v) is 1.85. The topological polar surface area (TPSA) is 56.3 Å². The van der Waals surface area contributed by atoms with Crippen molar-refractivity contribution in [3.8, 4) is 5.75 Å². The summed E-state index contributed by atoms with van der Waals surface area (Å²) in [6.07, 6.45) is 0. The van der Waals surface area contributed by atoms with E-state index in [1.807, 2.05) is 0 Å². The summed E-state index contributed by atoms with van der Waals surface area (Å²) in [6.45, 7) is 1.71. The Bertz CT molecular complexity index is 440. The molecule has 82 valence electrons. The van der Waals surface area contributed by atoms with Crippen molar-refractivity contribution < 1.29 is 5.11 Å². The summed E-state index contributed by atoms with van der Waals surface area (Å²) < 4.78 is 0.527. The van der Waals surface area contributed by atoms with Gasteiger partial charge in [0.1, 0.15) is 15.0 Å². The molecule has 0 saturated heterocycles. The number of aromatic nitrogens is 1. The maximum Gasteiger partial charge on any atom is 0.266 e. The Morgan fingerprint density at radius 2 is 2.20 bits per heavy atom. The van der Waals surface area contributed by atoms with Crippen LogP contribution in [0.4, 0.5) is 0 Å². The molecular weight excluding hydrogens is 232 g/mol. The van der Waals surface area contributed by atoms with Crippen molar-refractivity contribution in [3.63, 3.8) is 0 Å². The average molecular weight is 244 g/mol. The Labute approximate surface area is 97.3 Å². The van der Waals surface area contributed by atoms with Gasteiger partial charge in [0.05, 0.1) is 0 Å². The third-order valence-electron chi connectivity index (χ3n) is 1.66. The maximum atomic E-state index is 11.5. The Balaban J connectivity index is 3.06. The lowest BCUT2D eigenvalue weighted by atomic mass is 10.3. The predicted molar refractivity (Wildman–Crippen MR) is 65.6 cm³/mol. The summed E-state index contributed by atoms with van der Waals surface area (Å²) in [4.78, 5) is 16.1. The standard InChI is InChI=1S/C9H12N2O2S2/c1-5-4-6(12)7(8(13)10-5)15-9(14)11(2)3/h4H,1-3H3,(H2,10,12,13). The molecule has 2 N–H and O–H groups in total. The van der Waals surface area contributed by atoms with E-state index in [9.17, 15) is 9.90 Å². The van der Waals surface area contributed by atoms with Crippen LogP contribution in [-0.2, 0) is 0 Å². The number of hydrogen-bond acceptors (Lipinski definition) is 4. The molecule has 1 aromatic heterocycles. The number of rotatable bonds is 1. The van der Waals surface area contributed by atoms with Gasteiger partial charge in [-0.3, -0.25) is 4.79 Å². The zero-order valence-electron chi connectivity index (χ0n) is 8.70.